The maximum absolute atomic E-state index is 12.2. The summed E-state index contributed by atoms with van der Waals surface area (Å²) in [6, 6.07) is 26.6. The molecule has 0 unspecified atom stereocenters. The van der Waals surface area contributed by atoms with Crippen LogP contribution in [0.5, 0.6) is 0 Å². The molecule has 0 spiro atoms. The zero-order valence-corrected chi connectivity index (χ0v) is 16.5. The smallest absolute Gasteiger partial charge is 0.227 e. The van der Waals surface area contributed by atoms with E-state index in [1.54, 1.807) is 11.5 Å². The first-order chi connectivity index (χ1) is 13.1. The normalized spacial score (nSPS) is 11.7. The molecule has 0 radical (unpaired) electrons. The van der Waals surface area contributed by atoms with Gasteiger partial charge in [-0.15, -0.1) is 0 Å². The standard InChI is InChI=1S/C24H18BrNO/c1-17(27)26-16-23(22-15-20(25)12-13-24(22)26)21(19-10-6-3-7-11-19)14-18-8-4-2-5-9-18/h2-16H,1H3/b21-14+. The van der Waals surface area contributed by atoms with E-state index in [2.05, 4.69) is 52.3 Å². The van der Waals surface area contributed by atoms with Crippen molar-refractivity contribution in [2.24, 2.45) is 0 Å². The Kier molecular flexibility index (Phi) is 4.78. The van der Waals surface area contributed by atoms with Crippen molar-refractivity contribution in [1.29, 1.82) is 0 Å². The van der Waals surface area contributed by atoms with Gasteiger partial charge in [-0.05, 0) is 41.0 Å². The molecule has 3 aromatic carbocycles. The second kappa shape index (κ2) is 7.37. The quantitative estimate of drug-likeness (QED) is 0.343. The summed E-state index contributed by atoms with van der Waals surface area (Å²) < 4.78 is 2.71. The molecule has 27 heavy (non-hydrogen) atoms. The van der Waals surface area contributed by atoms with E-state index in [0.29, 0.717) is 0 Å². The lowest BCUT2D eigenvalue weighted by molar-refractivity contribution is 0.0941. The van der Waals surface area contributed by atoms with Crippen LogP contribution in [0.15, 0.2) is 89.5 Å². The van der Waals surface area contributed by atoms with E-state index < -0.39 is 0 Å². The predicted octanol–water partition coefficient (Wildman–Crippen LogP) is 6.65. The monoisotopic (exact) mass is 415 g/mol. The van der Waals surface area contributed by atoms with Crippen LogP contribution in [0.1, 0.15) is 28.4 Å². The maximum atomic E-state index is 12.2. The van der Waals surface area contributed by atoms with Crippen LogP contribution in [0.4, 0.5) is 0 Å². The van der Waals surface area contributed by atoms with Gasteiger partial charge in [0.2, 0.25) is 5.91 Å². The molecule has 1 aromatic heterocycles. The number of aromatic nitrogens is 1. The number of benzene rings is 3. The molecule has 0 aliphatic carbocycles. The van der Waals surface area contributed by atoms with E-state index in [9.17, 15) is 4.79 Å². The molecule has 0 N–H and O–H groups in total. The van der Waals surface area contributed by atoms with E-state index in [1.165, 1.54) is 0 Å². The van der Waals surface area contributed by atoms with Crippen molar-refractivity contribution < 1.29 is 4.79 Å². The number of nitrogens with zero attached hydrogens (tertiary/aromatic N) is 1. The zero-order chi connectivity index (χ0) is 18.8. The fourth-order valence-corrected chi connectivity index (χ4v) is 3.69. The van der Waals surface area contributed by atoms with Crippen molar-refractivity contribution in [3.05, 3.63) is 106 Å². The molecule has 4 aromatic rings. The molecule has 0 amide bonds. The van der Waals surface area contributed by atoms with Gasteiger partial charge in [-0.1, -0.05) is 76.6 Å². The van der Waals surface area contributed by atoms with Gasteiger partial charge in [0.1, 0.15) is 0 Å². The van der Waals surface area contributed by atoms with E-state index in [4.69, 9.17) is 0 Å². The van der Waals surface area contributed by atoms with Crippen molar-refractivity contribution in [2.75, 3.05) is 0 Å². The number of carbonyl (C=O) groups excluding carboxylic acids is 1. The first-order valence-electron chi connectivity index (χ1n) is 8.77. The van der Waals surface area contributed by atoms with Crippen molar-refractivity contribution in [1.82, 2.24) is 4.57 Å². The molecule has 0 saturated heterocycles. The molecule has 4 rings (SSSR count). The van der Waals surface area contributed by atoms with Crippen LogP contribution in [0.25, 0.3) is 22.6 Å². The summed E-state index contributed by atoms with van der Waals surface area (Å²) in [7, 11) is 0. The SMILES string of the molecule is CC(=O)n1cc(/C(=C/c2ccccc2)c2ccccc2)c2cc(Br)ccc21. The van der Waals surface area contributed by atoms with Crippen LogP contribution in [0, 0.1) is 0 Å². The first kappa shape index (κ1) is 17.5. The average molecular weight is 416 g/mol. The molecular formula is C24H18BrNO. The molecule has 0 bridgehead atoms. The highest BCUT2D eigenvalue weighted by atomic mass is 79.9. The lowest BCUT2D eigenvalue weighted by Gasteiger charge is -2.08. The van der Waals surface area contributed by atoms with E-state index >= 15 is 0 Å². The Morgan fingerprint density at radius 2 is 1.59 bits per heavy atom. The predicted molar refractivity (Wildman–Crippen MR) is 116 cm³/mol. The van der Waals surface area contributed by atoms with Crippen molar-refractivity contribution in [3.63, 3.8) is 0 Å². The van der Waals surface area contributed by atoms with Gasteiger partial charge in [0.15, 0.2) is 0 Å². The first-order valence-corrected chi connectivity index (χ1v) is 9.57. The van der Waals surface area contributed by atoms with Crippen molar-refractivity contribution >= 4 is 44.4 Å². The van der Waals surface area contributed by atoms with Crippen LogP contribution >= 0.6 is 15.9 Å². The Morgan fingerprint density at radius 3 is 2.26 bits per heavy atom. The molecule has 2 nitrogen and oxygen atoms in total. The minimum Gasteiger partial charge on any atom is -0.287 e. The molecule has 0 aliphatic heterocycles. The number of halogens is 1. The van der Waals surface area contributed by atoms with E-state index in [1.807, 2.05) is 54.7 Å². The molecular weight excluding hydrogens is 398 g/mol. The number of fused-ring (bicyclic) bond motifs is 1. The van der Waals surface area contributed by atoms with Gasteiger partial charge >= 0.3 is 0 Å². The molecule has 0 fully saturated rings. The highest BCUT2D eigenvalue weighted by Crippen LogP contribution is 2.34. The van der Waals surface area contributed by atoms with Crippen LogP contribution in [0.3, 0.4) is 0 Å². The minimum atomic E-state index is 0.000644. The van der Waals surface area contributed by atoms with Crippen LogP contribution < -0.4 is 0 Å². The van der Waals surface area contributed by atoms with Gasteiger partial charge in [-0.3, -0.25) is 9.36 Å². The molecule has 3 heteroatoms. The van der Waals surface area contributed by atoms with Gasteiger partial charge in [0, 0.05) is 28.5 Å². The zero-order valence-electron chi connectivity index (χ0n) is 14.9. The van der Waals surface area contributed by atoms with Gasteiger partial charge in [0.25, 0.3) is 0 Å². The third-order valence-electron chi connectivity index (χ3n) is 4.59. The Bertz CT molecular complexity index is 1140. The third kappa shape index (κ3) is 3.51. The Morgan fingerprint density at radius 1 is 0.926 bits per heavy atom. The molecule has 1 heterocycles. The Hall–Kier alpha value is -2.91. The second-order valence-electron chi connectivity index (χ2n) is 6.43. The lowest BCUT2D eigenvalue weighted by atomic mass is 9.95. The fourth-order valence-electron chi connectivity index (χ4n) is 3.33. The second-order valence-corrected chi connectivity index (χ2v) is 7.34. The summed E-state index contributed by atoms with van der Waals surface area (Å²) in [5.41, 5.74) is 5.27. The molecule has 132 valence electrons. The fraction of sp³-hybridized carbons (Fsp3) is 0.0417. The third-order valence-corrected chi connectivity index (χ3v) is 5.08. The summed E-state index contributed by atoms with van der Waals surface area (Å²) >= 11 is 3.57. The van der Waals surface area contributed by atoms with Crippen LogP contribution in [0.2, 0.25) is 0 Å². The van der Waals surface area contributed by atoms with Crippen LogP contribution in [-0.2, 0) is 0 Å². The molecule has 0 atom stereocenters. The van der Waals surface area contributed by atoms with Crippen LogP contribution in [-0.4, -0.2) is 10.5 Å². The summed E-state index contributed by atoms with van der Waals surface area (Å²) in [4.78, 5) is 12.2. The Labute approximate surface area is 166 Å². The summed E-state index contributed by atoms with van der Waals surface area (Å²) in [6.45, 7) is 1.59. The van der Waals surface area contributed by atoms with Gasteiger partial charge in [-0.25, -0.2) is 0 Å². The largest absolute Gasteiger partial charge is 0.287 e. The van der Waals surface area contributed by atoms with Gasteiger partial charge in [-0.2, -0.15) is 0 Å². The lowest BCUT2D eigenvalue weighted by Crippen LogP contribution is -2.02. The van der Waals surface area contributed by atoms with Gasteiger partial charge < -0.3 is 0 Å². The average Bonchev–Trinajstić information content (AvgIpc) is 3.06. The highest BCUT2D eigenvalue weighted by Gasteiger charge is 2.16. The molecule has 0 aliphatic rings. The summed E-state index contributed by atoms with van der Waals surface area (Å²) in [5.74, 6) is 0.000644. The minimum absolute atomic E-state index is 0.000644. The Balaban J connectivity index is 2.03. The maximum Gasteiger partial charge on any atom is 0.227 e. The van der Waals surface area contributed by atoms with Crippen molar-refractivity contribution in [2.45, 2.75) is 6.92 Å². The number of hydrogen-bond acceptors (Lipinski definition) is 1. The topological polar surface area (TPSA) is 22.0 Å². The van der Waals surface area contributed by atoms with Gasteiger partial charge in [0.05, 0.1) is 5.52 Å². The summed E-state index contributed by atoms with van der Waals surface area (Å²) in [6.07, 6.45) is 4.12. The molecule has 0 saturated carbocycles. The highest BCUT2D eigenvalue weighted by molar-refractivity contribution is 9.10. The summed E-state index contributed by atoms with van der Waals surface area (Å²) in [5, 5.41) is 1.05. The number of hydrogen-bond donors (Lipinski definition) is 0. The number of rotatable bonds is 3. The van der Waals surface area contributed by atoms with Crippen molar-refractivity contribution in [3.8, 4) is 0 Å². The number of carbonyl (C=O) groups is 1. The van der Waals surface area contributed by atoms with E-state index in [-0.39, 0.29) is 5.91 Å². The van der Waals surface area contributed by atoms with E-state index in [0.717, 1.165) is 37.6 Å².